The van der Waals surface area contributed by atoms with E-state index < -0.39 is 0 Å². The van der Waals surface area contributed by atoms with Crippen LogP contribution in [0.1, 0.15) is 5.56 Å². The van der Waals surface area contributed by atoms with E-state index in [2.05, 4.69) is 46.0 Å². The third-order valence-corrected chi connectivity index (χ3v) is 2.78. The third-order valence-electron chi connectivity index (χ3n) is 1.92. The molecule has 0 amide bonds. The van der Waals surface area contributed by atoms with Crippen molar-refractivity contribution in [1.29, 1.82) is 0 Å². The number of fused-ring (bicyclic) bond motifs is 1. The van der Waals surface area contributed by atoms with E-state index in [0.29, 0.717) is 0 Å². The molecule has 0 saturated carbocycles. The Morgan fingerprint density at radius 3 is 2.91 bits per heavy atom. The van der Waals surface area contributed by atoms with E-state index in [-0.39, 0.29) is 0 Å². The molecule has 1 N–H and O–H groups in total. The molecule has 1 nitrogen and oxygen atoms in total. The summed E-state index contributed by atoms with van der Waals surface area (Å²) in [6.45, 7) is 2.10. The van der Waals surface area contributed by atoms with E-state index >= 15 is 0 Å². The zero-order valence-corrected chi connectivity index (χ0v) is 7.77. The summed E-state index contributed by atoms with van der Waals surface area (Å²) in [6.07, 6.45) is 1.96. The fourth-order valence-electron chi connectivity index (χ4n) is 1.25. The number of aromatic amines is 1. The molecule has 0 fully saturated rings. The molecule has 0 aliphatic heterocycles. The molecule has 2 aromatic rings. The lowest BCUT2D eigenvalue weighted by atomic mass is 10.2. The van der Waals surface area contributed by atoms with Crippen LogP contribution in [0.5, 0.6) is 0 Å². The van der Waals surface area contributed by atoms with Gasteiger partial charge in [0, 0.05) is 16.2 Å². The number of aryl methyl sites for hydroxylation is 1. The molecule has 56 valence electrons. The average molecular weight is 210 g/mol. The van der Waals surface area contributed by atoms with Gasteiger partial charge in [0.2, 0.25) is 0 Å². The van der Waals surface area contributed by atoms with E-state index in [4.69, 9.17) is 0 Å². The third kappa shape index (κ3) is 0.979. The molecule has 2 heteroatoms. The summed E-state index contributed by atoms with van der Waals surface area (Å²) in [4.78, 5) is 3.20. The van der Waals surface area contributed by atoms with Crippen LogP contribution in [0.25, 0.3) is 10.9 Å². The fourth-order valence-corrected chi connectivity index (χ4v) is 1.58. The summed E-state index contributed by atoms with van der Waals surface area (Å²) < 4.78 is 1.16. The summed E-state index contributed by atoms with van der Waals surface area (Å²) in [6, 6.07) is 6.25. The van der Waals surface area contributed by atoms with Gasteiger partial charge in [0.15, 0.2) is 0 Å². The van der Waals surface area contributed by atoms with Gasteiger partial charge in [0.25, 0.3) is 0 Å². The van der Waals surface area contributed by atoms with E-state index in [1.807, 2.05) is 6.20 Å². The normalized spacial score (nSPS) is 10.7. The number of hydrogen-bond acceptors (Lipinski definition) is 0. The van der Waals surface area contributed by atoms with Crippen molar-refractivity contribution in [3.8, 4) is 0 Å². The second-order valence-electron chi connectivity index (χ2n) is 2.61. The Hall–Kier alpha value is -0.760. The molecule has 1 aromatic carbocycles. The lowest BCUT2D eigenvalue weighted by Gasteiger charge is -1.98. The van der Waals surface area contributed by atoms with Crippen LogP contribution in [0, 0.1) is 6.92 Å². The SMILES string of the molecule is Cc1c(Br)ccc2cc[nH]c12. The van der Waals surface area contributed by atoms with Crippen LogP contribution in [-0.2, 0) is 0 Å². The van der Waals surface area contributed by atoms with Crippen molar-refractivity contribution in [2.45, 2.75) is 6.92 Å². The molecule has 2 rings (SSSR count). The maximum absolute atomic E-state index is 3.48. The molecule has 0 spiro atoms. The van der Waals surface area contributed by atoms with E-state index in [0.717, 1.165) is 4.47 Å². The lowest BCUT2D eigenvalue weighted by Crippen LogP contribution is -1.77. The first kappa shape index (κ1) is 6.92. The van der Waals surface area contributed by atoms with Crippen molar-refractivity contribution >= 4 is 26.8 Å². The van der Waals surface area contributed by atoms with Crippen LogP contribution < -0.4 is 0 Å². The van der Waals surface area contributed by atoms with Crippen LogP contribution in [0.2, 0.25) is 0 Å². The summed E-state index contributed by atoms with van der Waals surface area (Å²) in [5.74, 6) is 0. The van der Waals surface area contributed by atoms with Gasteiger partial charge in [-0.3, -0.25) is 0 Å². The van der Waals surface area contributed by atoms with Crippen LogP contribution in [-0.4, -0.2) is 4.98 Å². The highest BCUT2D eigenvalue weighted by molar-refractivity contribution is 9.10. The number of hydrogen-bond donors (Lipinski definition) is 1. The smallest absolute Gasteiger partial charge is 0.0494 e. The van der Waals surface area contributed by atoms with Gasteiger partial charge in [0.05, 0.1) is 0 Å². The van der Waals surface area contributed by atoms with E-state index in [1.54, 1.807) is 0 Å². The van der Waals surface area contributed by atoms with Crippen LogP contribution in [0.15, 0.2) is 28.9 Å². The zero-order valence-electron chi connectivity index (χ0n) is 6.19. The Morgan fingerprint density at radius 2 is 2.09 bits per heavy atom. The van der Waals surface area contributed by atoms with Crippen LogP contribution in [0.4, 0.5) is 0 Å². The Bertz CT molecular complexity index is 389. The van der Waals surface area contributed by atoms with Crippen molar-refractivity contribution in [1.82, 2.24) is 4.98 Å². The highest BCUT2D eigenvalue weighted by Crippen LogP contribution is 2.23. The Balaban J connectivity index is 2.93. The molecule has 0 radical (unpaired) electrons. The number of halogens is 1. The number of rotatable bonds is 0. The van der Waals surface area contributed by atoms with Gasteiger partial charge < -0.3 is 4.98 Å². The van der Waals surface area contributed by atoms with Crippen molar-refractivity contribution in [3.63, 3.8) is 0 Å². The minimum Gasteiger partial charge on any atom is -0.361 e. The Labute approximate surface area is 73.6 Å². The molecule has 0 saturated heterocycles. The molecule has 11 heavy (non-hydrogen) atoms. The number of nitrogens with one attached hydrogen (secondary N) is 1. The lowest BCUT2D eigenvalue weighted by molar-refractivity contribution is 1.40. The quantitative estimate of drug-likeness (QED) is 0.686. The van der Waals surface area contributed by atoms with Gasteiger partial charge in [0.1, 0.15) is 0 Å². The van der Waals surface area contributed by atoms with Crippen molar-refractivity contribution in [3.05, 3.63) is 34.4 Å². The predicted molar refractivity (Wildman–Crippen MR) is 50.7 cm³/mol. The Kier molecular flexibility index (Phi) is 1.50. The zero-order chi connectivity index (χ0) is 7.84. The molecular weight excluding hydrogens is 202 g/mol. The molecule has 1 aromatic heterocycles. The number of aromatic nitrogens is 1. The van der Waals surface area contributed by atoms with Gasteiger partial charge in [-0.15, -0.1) is 0 Å². The highest BCUT2D eigenvalue weighted by Gasteiger charge is 2.00. The number of H-pyrrole nitrogens is 1. The van der Waals surface area contributed by atoms with Crippen molar-refractivity contribution in [2.75, 3.05) is 0 Å². The first-order chi connectivity index (χ1) is 5.29. The first-order valence-electron chi connectivity index (χ1n) is 3.51. The minimum atomic E-state index is 1.16. The second-order valence-corrected chi connectivity index (χ2v) is 3.47. The van der Waals surface area contributed by atoms with Gasteiger partial charge in [-0.05, 0) is 30.0 Å². The molecule has 0 atom stereocenters. The summed E-state index contributed by atoms with van der Waals surface area (Å²) in [7, 11) is 0. The molecular formula is C9H8BrN. The summed E-state index contributed by atoms with van der Waals surface area (Å²) >= 11 is 3.48. The minimum absolute atomic E-state index is 1.16. The van der Waals surface area contributed by atoms with Crippen LogP contribution >= 0.6 is 15.9 Å². The highest BCUT2D eigenvalue weighted by atomic mass is 79.9. The fraction of sp³-hybridized carbons (Fsp3) is 0.111. The van der Waals surface area contributed by atoms with E-state index in [1.165, 1.54) is 16.5 Å². The van der Waals surface area contributed by atoms with Gasteiger partial charge in [-0.25, -0.2) is 0 Å². The largest absolute Gasteiger partial charge is 0.361 e. The molecule has 0 aliphatic rings. The van der Waals surface area contributed by atoms with Crippen molar-refractivity contribution < 1.29 is 0 Å². The maximum atomic E-state index is 3.48. The number of benzene rings is 1. The van der Waals surface area contributed by atoms with Gasteiger partial charge >= 0.3 is 0 Å². The topological polar surface area (TPSA) is 15.8 Å². The van der Waals surface area contributed by atoms with Crippen LogP contribution in [0.3, 0.4) is 0 Å². The van der Waals surface area contributed by atoms with Gasteiger partial charge in [-0.2, -0.15) is 0 Å². The molecule has 0 aliphatic carbocycles. The molecule has 0 unspecified atom stereocenters. The average Bonchev–Trinajstić information content (AvgIpc) is 2.45. The summed E-state index contributed by atoms with van der Waals surface area (Å²) in [5, 5.41) is 1.27. The monoisotopic (exact) mass is 209 g/mol. The Morgan fingerprint density at radius 1 is 1.27 bits per heavy atom. The molecule has 1 heterocycles. The maximum Gasteiger partial charge on any atom is 0.0494 e. The predicted octanol–water partition coefficient (Wildman–Crippen LogP) is 3.24. The van der Waals surface area contributed by atoms with Gasteiger partial charge in [-0.1, -0.05) is 22.0 Å². The summed E-state index contributed by atoms with van der Waals surface area (Å²) in [5.41, 5.74) is 2.49. The first-order valence-corrected chi connectivity index (χ1v) is 4.30. The van der Waals surface area contributed by atoms with E-state index in [9.17, 15) is 0 Å². The molecule has 0 bridgehead atoms. The standard InChI is InChI=1S/C9H8BrN/c1-6-8(10)3-2-7-4-5-11-9(6)7/h2-5,11H,1H3. The second kappa shape index (κ2) is 2.38. The van der Waals surface area contributed by atoms with Crippen molar-refractivity contribution in [2.24, 2.45) is 0 Å².